The third kappa shape index (κ3) is 4.20. The monoisotopic (exact) mass is 377 g/mol. The van der Waals surface area contributed by atoms with Gasteiger partial charge >= 0.3 is 0 Å². The maximum Gasteiger partial charge on any atom is 0.118 e. The second-order valence-electron chi connectivity index (χ2n) is 6.96. The van der Waals surface area contributed by atoms with E-state index in [0.29, 0.717) is 6.04 Å². The van der Waals surface area contributed by atoms with Gasteiger partial charge in [-0.15, -0.1) is 12.4 Å². The molecule has 0 radical (unpaired) electrons. The minimum atomic E-state index is 0. The lowest BCUT2D eigenvalue weighted by atomic mass is 10.1. The van der Waals surface area contributed by atoms with E-state index in [1.165, 1.54) is 31.6 Å². The minimum absolute atomic E-state index is 0. The van der Waals surface area contributed by atoms with Gasteiger partial charge in [-0.2, -0.15) is 5.10 Å². The highest BCUT2D eigenvalue weighted by molar-refractivity contribution is 5.85. The minimum Gasteiger partial charge on any atom is -0.497 e. The van der Waals surface area contributed by atoms with E-state index in [2.05, 4.69) is 37.4 Å². The van der Waals surface area contributed by atoms with Gasteiger partial charge in [0.1, 0.15) is 5.75 Å². The summed E-state index contributed by atoms with van der Waals surface area (Å²) in [5, 5.41) is 10.9. The summed E-state index contributed by atoms with van der Waals surface area (Å²) < 4.78 is 5.25. The molecule has 1 unspecified atom stereocenters. The van der Waals surface area contributed by atoms with Gasteiger partial charge in [0.25, 0.3) is 0 Å². The first-order valence-corrected chi connectivity index (χ1v) is 9.17. The van der Waals surface area contributed by atoms with Crippen molar-refractivity contribution < 1.29 is 4.74 Å². The van der Waals surface area contributed by atoms with E-state index in [4.69, 9.17) is 4.74 Å². The molecule has 2 saturated heterocycles. The summed E-state index contributed by atoms with van der Waals surface area (Å²) in [6, 6.07) is 8.87. The number of H-pyrrole nitrogens is 1. The first kappa shape index (κ1) is 19.2. The van der Waals surface area contributed by atoms with Gasteiger partial charge in [0, 0.05) is 63.0 Å². The Bertz CT molecular complexity index is 683. The summed E-state index contributed by atoms with van der Waals surface area (Å²) in [5.74, 6) is 0.878. The van der Waals surface area contributed by atoms with Crippen LogP contribution < -0.4 is 10.1 Å². The molecule has 4 rings (SSSR count). The number of hydrogen-bond acceptors (Lipinski definition) is 5. The lowest BCUT2D eigenvalue weighted by molar-refractivity contribution is 0.170. The number of ether oxygens (including phenoxy) is 1. The number of nitrogens with one attached hydrogen (secondary N) is 2. The van der Waals surface area contributed by atoms with Crippen LogP contribution in [0.2, 0.25) is 0 Å². The summed E-state index contributed by atoms with van der Waals surface area (Å²) >= 11 is 0. The van der Waals surface area contributed by atoms with Crippen molar-refractivity contribution in [3.63, 3.8) is 0 Å². The van der Waals surface area contributed by atoms with Crippen LogP contribution in [-0.2, 0) is 6.54 Å². The molecule has 0 spiro atoms. The highest BCUT2D eigenvalue weighted by atomic mass is 35.5. The number of aromatic nitrogens is 2. The zero-order valence-electron chi connectivity index (χ0n) is 15.3. The van der Waals surface area contributed by atoms with E-state index in [1.54, 1.807) is 7.11 Å². The lowest BCUT2D eigenvalue weighted by Crippen LogP contribution is -2.49. The van der Waals surface area contributed by atoms with Crippen molar-refractivity contribution in [3.05, 3.63) is 36.0 Å². The molecule has 2 aliphatic rings. The van der Waals surface area contributed by atoms with Gasteiger partial charge in [-0.25, -0.2) is 0 Å². The first-order chi connectivity index (χ1) is 12.3. The van der Waals surface area contributed by atoms with Gasteiger partial charge in [0.05, 0.1) is 19.0 Å². The van der Waals surface area contributed by atoms with Gasteiger partial charge in [-0.1, -0.05) is 0 Å². The van der Waals surface area contributed by atoms with E-state index in [1.807, 2.05) is 18.3 Å². The zero-order chi connectivity index (χ0) is 17.1. The fourth-order valence-corrected chi connectivity index (χ4v) is 3.98. The number of nitrogens with zero attached hydrogens (tertiary/aromatic N) is 3. The molecule has 2 fully saturated rings. The number of hydrogen-bond donors (Lipinski definition) is 2. The van der Waals surface area contributed by atoms with Crippen molar-refractivity contribution in [2.75, 3.05) is 46.4 Å². The third-order valence-corrected chi connectivity index (χ3v) is 5.41. The van der Waals surface area contributed by atoms with Crippen LogP contribution >= 0.6 is 12.4 Å². The number of piperazine rings is 1. The highest BCUT2D eigenvalue weighted by Crippen LogP contribution is 2.26. The largest absolute Gasteiger partial charge is 0.497 e. The summed E-state index contributed by atoms with van der Waals surface area (Å²) in [4.78, 5) is 5.21. The SMILES string of the molecule is COc1ccc(-c2[nH]ncc2CN2CCC(N3CCNCC3)C2)cc1.Cl. The van der Waals surface area contributed by atoms with Gasteiger partial charge in [0.15, 0.2) is 0 Å². The van der Waals surface area contributed by atoms with E-state index >= 15 is 0 Å². The average molecular weight is 378 g/mol. The topological polar surface area (TPSA) is 56.4 Å². The number of aromatic amines is 1. The molecule has 2 N–H and O–H groups in total. The average Bonchev–Trinajstić information content (AvgIpc) is 3.33. The Morgan fingerprint density at radius 1 is 1.15 bits per heavy atom. The van der Waals surface area contributed by atoms with E-state index < -0.39 is 0 Å². The number of likely N-dealkylation sites (tertiary alicyclic amines) is 1. The van der Waals surface area contributed by atoms with Crippen LogP contribution in [0.1, 0.15) is 12.0 Å². The van der Waals surface area contributed by atoms with Crippen molar-refractivity contribution in [3.8, 4) is 17.0 Å². The second-order valence-corrected chi connectivity index (χ2v) is 6.96. The van der Waals surface area contributed by atoms with E-state index in [0.717, 1.165) is 43.2 Å². The molecular weight excluding hydrogens is 350 g/mol. The van der Waals surface area contributed by atoms with Crippen LogP contribution in [0.25, 0.3) is 11.3 Å². The van der Waals surface area contributed by atoms with E-state index in [-0.39, 0.29) is 12.4 Å². The maximum atomic E-state index is 5.25. The normalized spacial score (nSPS) is 21.5. The molecule has 1 atom stereocenters. The molecule has 7 heteroatoms. The fraction of sp³-hybridized carbons (Fsp3) is 0.526. The van der Waals surface area contributed by atoms with Crippen LogP contribution in [0.4, 0.5) is 0 Å². The molecule has 2 aliphatic heterocycles. The van der Waals surface area contributed by atoms with Gasteiger partial charge in [-0.3, -0.25) is 14.9 Å². The Balaban J connectivity index is 0.00000196. The molecule has 3 heterocycles. The Labute approximate surface area is 161 Å². The van der Waals surface area contributed by atoms with Crippen molar-refractivity contribution >= 4 is 12.4 Å². The molecule has 6 nitrogen and oxygen atoms in total. The van der Waals surface area contributed by atoms with Crippen molar-refractivity contribution in [2.45, 2.75) is 19.0 Å². The Morgan fingerprint density at radius 2 is 1.92 bits per heavy atom. The van der Waals surface area contributed by atoms with Crippen LogP contribution in [-0.4, -0.2) is 72.4 Å². The summed E-state index contributed by atoms with van der Waals surface area (Å²) in [7, 11) is 1.69. The van der Waals surface area contributed by atoms with Crippen LogP contribution in [0.3, 0.4) is 0 Å². The highest BCUT2D eigenvalue weighted by Gasteiger charge is 2.28. The molecular formula is C19H28ClN5O. The van der Waals surface area contributed by atoms with Crippen LogP contribution in [0, 0.1) is 0 Å². The summed E-state index contributed by atoms with van der Waals surface area (Å²) in [5.41, 5.74) is 3.55. The first-order valence-electron chi connectivity index (χ1n) is 9.17. The predicted octanol–water partition coefficient (Wildman–Crippen LogP) is 1.99. The summed E-state index contributed by atoms with van der Waals surface area (Å²) in [6.07, 6.45) is 3.24. The smallest absolute Gasteiger partial charge is 0.118 e. The molecule has 26 heavy (non-hydrogen) atoms. The van der Waals surface area contributed by atoms with Crippen molar-refractivity contribution in [1.82, 2.24) is 25.3 Å². The number of halogens is 1. The fourth-order valence-electron chi connectivity index (χ4n) is 3.98. The number of methoxy groups -OCH3 is 1. The quantitative estimate of drug-likeness (QED) is 0.834. The Kier molecular flexibility index (Phi) is 6.53. The standard InChI is InChI=1S/C19H27N5O.ClH/c1-25-18-4-2-15(3-5-18)19-16(12-21-22-19)13-23-9-6-17(14-23)24-10-7-20-8-11-24;/h2-5,12,17,20H,6-11,13-14H2,1H3,(H,21,22);1H. The summed E-state index contributed by atoms with van der Waals surface area (Å²) in [6.45, 7) is 7.90. The molecule has 0 bridgehead atoms. The van der Waals surface area contributed by atoms with Gasteiger partial charge in [0.2, 0.25) is 0 Å². The Hall–Kier alpha value is -1.60. The van der Waals surface area contributed by atoms with Crippen LogP contribution in [0.15, 0.2) is 30.5 Å². The van der Waals surface area contributed by atoms with Gasteiger partial charge < -0.3 is 10.1 Å². The lowest BCUT2D eigenvalue weighted by Gasteiger charge is -2.32. The maximum absolute atomic E-state index is 5.25. The van der Waals surface area contributed by atoms with Crippen molar-refractivity contribution in [2.24, 2.45) is 0 Å². The predicted molar refractivity (Wildman–Crippen MR) is 106 cm³/mol. The zero-order valence-corrected chi connectivity index (χ0v) is 16.1. The molecule has 0 saturated carbocycles. The van der Waals surface area contributed by atoms with E-state index in [9.17, 15) is 0 Å². The molecule has 0 aliphatic carbocycles. The molecule has 1 aromatic carbocycles. The Morgan fingerprint density at radius 3 is 2.65 bits per heavy atom. The molecule has 142 valence electrons. The second kappa shape index (κ2) is 8.86. The van der Waals surface area contributed by atoms with Crippen molar-refractivity contribution in [1.29, 1.82) is 0 Å². The number of benzene rings is 1. The van der Waals surface area contributed by atoms with Gasteiger partial charge in [-0.05, 0) is 30.7 Å². The number of rotatable bonds is 5. The molecule has 1 aromatic heterocycles. The van der Waals surface area contributed by atoms with Crippen LogP contribution in [0.5, 0.6) is 5.75 Å². The molecule has 0 amide bonds. The third-order valence-electron chi connectivity index (χ3n) is 5.41. The molecule has 2 aromatic rings.